The Kier molecular flexibility index (Phi) is 6.91. The molecule has 3 aromatic rings. The molecule has 0 amide bonds. The van der Waals surface area contributed by atoms with Crippen LogP contribution in [-0.2, 0) is 18.0 Å². The lowest BCUT2D eigenvalue weighted by Gasteiger charge is -2.11. The summed E-state index contributed by atoms with van der Waals surface area (Å²) in [5.74, 6) is -0.628. The molecule has 3 rings (SSSR count). The largest absolute Gasteiger partial charge is 0.573 e. The lowest BCUT2D eigenvalue weighted by Crippen LogP contribution is -2.18. The van der Waals surface area contributed by atoms with E-state index in [4.69, 9.17) is 10.5 Å². The van der Waals surface area contributed by atoms with E-state index in [0.29, 0.717) is 18.1 Å². The van der Waals surface area contributed by atoms with Crippen molar-refractivity contribution in [1.82, 2.24) is 14.5 Å². The predicted octanol–water partition coefficient (Wildman–Crippen LogP) is 4.97. The number of aromatic nitrogens is 3. The van der Waals surface area contributed by atoms with Gasteiger partial charge in [0.1, 0.15) is 12.4 Å². The summed E-state index contributed by atoms with van der Waals surface area (Å²) >= 11 is 0. The first-order chi connectivity index (χ1) is 14.8. The van der Waals surface area contributed by atoms with Crippen LogP contribution in [-0.4, -0.2) is 27.6 Å². The first-order valence-electron chi connectivity index (χ1n) is 9.22. The molecule has 0 spiro atoms. The number of alkyl halides is 4. The second-order valence-corrected chi connectivity index (χ2v) is 6.55. The Hall–Kier alpha value is -3.40. The first-order valence-corrected chi connectivity index (χ1v) is 9.22. The Morgan fingerprint density at radius 1 is 1.16 bits per heavy atom. The number of benzene rings is 1. The Labute approximate surface area is 175 Å². The van der Waals surface area contributed by atoms with E-state index < -0.39 is 24.6 Å². The van der Waals surface area contributed by atoms with Gasteiger partial charge < -0.3 is 19.8 Å². The van der Waals surface area contributed by atoms with Crippen LogP contribution in [0.5, 0.6) is 5.75 Å². The number of pyridine rings is 1. The number of anilines is 1. The molecular formula is C21H20F4N4O2. The van der Waals surface area contributed by atoms with Gasteiger partial charge in [0.15, 0.2) is 11.6 Å². The number of imidazole rings is 1. The number of nitrogen functional groups attached to an aromatic ring is 1. The lowest BCUT2D eigenvalue weighted by molar-refractivity contribution is -0.274. The third kappa shape index (κ3) is 6.05. The van der Waals surface area contributed by atoms with Crippen molar-refractivity contribution >= 4 is 11.5 Å². The number of rotatable bonds is 9. The SMILES string of the molecule is C=C(CCF)n1cc(-c2cnc(N)c(OC(F)(F)F)c2)nc1COCc1ccccc1. The first kappa shape index (κ1) is 22.3. The van der Waals surface area contributed by atoms with E-state index in [2.05, 4.69) is 21.3 Å². The van der Waals surface area contributed by atoms with Crippen LogP contribution in [0.2, 0.25) is 0 Å². The molecule has 0 bridgehead atoms. The van der Waals surface area contributed by atoms with Crippen LogP contribution in [0.4, 0.5) is 23.4 Å². The third-order valence-electron chi connectivity index (χ3n) is 4.25. The number of allylic oxidation sites excluding steroid dienone is 1. The average molecular weight is 436 g/mol. The lowest BCUT2D eigenvalue weighted by atomic mass is 10.2. The monoisotopic (exact) mass is 436 g/mol. The molecule has 0 fully saturated rings. The fraction of sp³-hybridized carbons (Fsp3) is 0.238. The molecule has 2 aromatic heterocycles. The Balaban J connectivity index is 1.86. The maximum Gasteiger partial charge on any atom is 0.573 e. The van der Waals surface area contributed by atoms with Crippen molar-refractivity contribution in [3.63, 3.8) is 0 Å². The standard InChI is InChI=1S/C21H20F4N4O2/c1-14(7-8-22)29-11-17(16-9-18(20(26)27-10-16)31-21(23,24)25)28-19(29)13-30-12-15-5-3-2-4-6-15/h2-6,9-11H,1,7-8,12-13H2,(H2,26,27). The highest BCUT2D eigenvalue weighted by Gasteiger charge is 2.32. The molecule has 0 aliphatic carbocycles. The predicted molar refractivity (Wildman–Crippen MR) is 107 cm³/mol. The maximum absolute atomic E-state index is 12.8. The van der Waals surface area contributed by atoms with Crippen LogP contribution in [0.3, 0.4) is 0 Å². The summed E-state index contributed by atoms with van der Waals surface area (Å²) in [7, 11) is 0. The third-order valence-corrected chi connectivity index (χ3v) is 4.25. The molecule has 0 saturated carbocycles. The Morgan fingerprint density at radius 3 is 2.58 bits per heavy atom. The van der Waals surface area contributed by atoms with Gasteiger partial charge in [0.05, 0.1) is 19.0 Å². The molecular weight excluding hydrogens is 416 g/mol. The zero-order valence-electron chi connectivity index (χ0n) is 16.4. The average Bonchev–Trinajstić information content (AvgIpc) is 3.14. The molecule has 2 heterocycles. The van der Waals surface area contributed by atoms with E-state index in [0.717, 1.165) is 11.6 Å². The summed E-state index contributed by atoms with van der Waals surface area (Å²) in [6, 6.07) is 10.6. The van der Waals surface area contributed by atoms with Gasteiger partial charge in [0.25, 0.3) is 0 Å². The van der Waals surface area contributed by atoms with E-state index in [9.17, 15) is 17.6 Å². The number of hydrogen-bond donors (Lipinski definition) is 1. The van der Waals surface area contributed by atoms with Gasteiger partial charge in [-0.1, -0.05) is 36.9 Å². The van der Waals surface area contributed by atoms with Crippen LogP contribution in [0, 0.1) is 0 Å². The zero-order chi connectivity index (χ0) is 22.4. The molecule has 10 heteroatoms. The molecule has 0 unspecified atom stereocenters. The fourth-order valence-corrected chi connectivity index (χ4v) is 2.80. The number of halogens is 4. The smallest absolute Gasteiger partial charge is 0.402 e. The van der Waals surface area contributed by atoms with Gasteiger partial charge >= 0.3 is 6.36 Å². The second-order valence-electron chi connectivity index (χ2n) is 6.55. The molecule has 0 atom stereocenters. The normalized spacial score (nSPS) is 11.5. The number of nitrogens with zero attached hydrogens (tertiary/aromatic N) is 3. The fourth-order valence-electron chi connectivity index (χ4n) is 2.80. The van der Waals surface area contributed by atoms with Crippen molar-refractivity contribution in [3.05, 3.63) is 66.8 Å². The summed E-state index contributed by atoms with van der Waals surface area (Å²) in [4.78, 5) is 8.17. The summed E-state index contributed by atoms with van der Waals surface area (Å²) < 4.78 is 61.8. The molecule has 0 aliphatic heterocycles. The highest BCUT2D eigenvalue weighted by Crippen LogP contribution is 2.31. The minimum Gasteiger partial charge on any atom is -0.402 e. The minimum absolute atomic E-state index is 0.0594. The molecule has 164 valence electrons. The van der Waals surface area contributed by atoms with E-state index in [1.165, 1.54) is 12.4 Å². The molecule has 2 N–H and O–H groups in total. The van der Waals surface area contributed by atoms with E-state index in [1.807, 2.05) is 30.3 Å². The van der Waals surface area contributed by atoms with E-state index >= 15 is 0 Å². The molecule has 6 nitrogen and oxygen atoms in total. The second kappa shape index (κ2) is 9.61. The van der Waals surface area contributed by atoms with Gasteiger partial charge in [-0.05, 0) is 11.6 Å². The zero-order valence-corrected chi connectivity index (χ0v) is 16.4. The van der Waals surface area contributed by atoms with Crippen molar-refractivity contribution in [2.24, 2.45) is 0 Å². The van der Waals surface area contributed by atoms with E-state index in [1.54, 1.807) is 4.57 Å². The van der Waals surface area contributed by atoms with Crippen LogP contribution in [0.1, 0.15) is 17.8 Å². The van der Waals surface area contributed by atoms with Crippen molar-refractivity contribution in [1.29, 1.82) is 0 Å². The maximum atomic E-state index is 12.8. The van der Waals surface area contributed by atoms with Gasteiger partial charge in [-0.3, -0.25) is 4.39 Å². The highest BCUT2D eigenvalue weighted by atomic mass is 19.4. The van der Waals surface area contributed by atoms with Crippen molar-refractivity contribution < 1.29 is 27.0 Å². The molecule has 0 saturated heterocycles. The summed E-state index contributed by atoms with van der Waals surface area (Å²) in [6.07, 6.45) is -2.05. The Morgan fingerprint density at radius 2 is 1.90 bits per heavy atom. The van der Waals surface area contributed by atoms with Crippen molar-refractivity contribution in [3.8, 4) is 17.0 Å². The van der Waals surface area contributed by atoms with Gasteiger partial charge in [-0.2, -0.15) is 0 Å². The topological polar surface area (TPSA) is 75.2 Å². The van der Waals surface area contributed by atoms with Gasteiger partial charge in [0.2, 0.25) is 0 Å². The summed E-state index contributed by atoms with van der Waals surface area (Å²) in [5.41, 5.74) is 7.40. The van der Waals surface area contributed by atoms with Crippen molar-refractivity contribution in [2.75, 3.05) is 12.4 Å². The van der Waals surface area contributed by atoms with Crippen LogP contribution in [0.25, 0.3) is 17.0 Å². The molecule has 31 heavy (non-hydrogen) atoms. The van der Waals surface area contributed by atoms with Gasteiger partial charge in [0, 0.05) is 30.1 Å². The number of ether oxygens (including phenoxy) is 2. The van der Waals surface area contributed by atoms with Crippen LogP contribution >= 0.6 is 0 Å². The molecule has 0 aliphatic rings. The Bertz CT molecular complexity index is 1040. The van der Waals surface area contributed by atoms with Gasteiger partial charge in [-0.15, -0.1) is 13.2 Å². The minimum atomic E-state index is -4.92. The quantitative estimate of drug-likeness (QED) is 0.479. The summed E-state index contributed by atoms with van der Waals surface area (Å²) in [6.45, 7) is 3.63. The highest BCUT2D eigenvalue weighted by molar-refractivity contribution is 5.65. The van der Waals surface area contributed by atoms with Crippen LogP contribution < -0.4 is 10.5 Å². The molecule has 1 aromatic carbocycles. The van der Waals surface area contributed by atoms with Crippen LogP contribution in [0.15, 0.2) is 55.4 Å². The van der Waals surface area contributed by atoms with Crippen molar-refractivity contribution in [2.45, 2.75) is 26.0 Å². The van der Waals surface area contributed by atoms with E-state index in [-0.39, 0.29) is 24.3 Å². The molecule has 0 radical (unpaired) electrons. The summed E-state index contributed by atoms with van der Waals surface area (Å²) in [5, 5.41) is 0. The number of nitrogens with two attached hydrogens (primary N) is 1. The van der Waals surface area contributed by atoms with Gasteiger partial charge in [-0.25, -0.2) is 9.97 Å². The number of hydrogen-bond acceptors (Lipinski definition) is 5.